The monoisotopic (exact) mass is 230 g/mol. The van der Waals surface area contributed by atoms with Crippen LogP contribution in [0.1, 0.15) is 13.3 Å². The molecule has 90 valence electrons. The highest BCUT2D eigenvalue weighted by atomic mass is 16.5. The van der Waals surface area contributed by atoms with Crippen LogP contribution < -0.4 is 10.6 Å². The zero-order valence-electron chi connectivity index (χ0n) is 8.91. The van der Waals surface area contributed by atoms with Gasteiger partial charge in [0.25, 0.3) is 0 Å². The minimum absolute atomic E-state index is 0.0475. The molecule has 1 unspecified atom stereocenters. The summed E-state index contributed by atoms with van der Waals surface area (Å²) < 4.78 is 4.97. The number of rotatable bonds is 4. The predicted octanol–water partition coefficient (Wildman–Crippen LogP) is -1.52. The van der Waals surface area contributed by atoms with Crippen LogP contribution >= 0.6 is 0 Å². The van der Waals surface area contributed by atoms with Gasteiger partial charge < -0.3 is 20.5 Å². The van der Waals surface area contributed by atoms with Crippen molar-refractivity contribution in [3.63, 3.8) is 0 Å². The highest BCUT2D eigenvalue weighted by Crippen LogP contribution is 2.18. The van der Waals surface area contributed by atoms with E-state index in [-0.39, 0.29) is 25.5 Å². The largest absolute Gasteiger partial charge is 0.479 e. The lowest BCUT2D eigenvalue weighted by molar-refractivity contribution is -0.147. The fourth-order valence-electron chi connectivity index (χ4n) is 1.40. The average Bonchev–Trinajstić information content (AvgIpc) is 2.64. The Morgan fingerprint density at radius 3 is 2.56 bits per heavy atom. The van der Waals surface area contributed by atoms with Gasteiger partial charge in [0.2, 0.25) is 11.8 Å². The van der Waals surface area contributed by atoms with Crippen molar-refractivity contribution in [3.05, 3.63) is 0 Å². The lowest BCUT2D eigenvalue weighted by atomic mass is 9.99. The summed E-state index contributed by atoms with van der Waals surface area (Å²) in [6, 6.07) is 0. The second kappa shape index (κ2) is 4.93. The standard InChI is InChI=1S/C9H14N2O5/c1-6(12)10-4-7(13)11-9(8(14)15)2-3-16-5-9/h2-5H2,1H3,(H,10,12)(H,11,13)(H,14,15). The van der Waals surface area contributed by atoms with E-state index in [1.807, 2.05) is 0 Å². The smallest absolute Gasteiger partial charge is 0.331 e. The van der Waals surface area contributed by atoms with Crippen molar-refractivity contribution >= 4 is 17.8 Å². The number of carbonyl (C=O) groups excluding carboxylic acids is 2. The maximum Gasteiger partial charge on any atom is 0.331 e. The molecule has 1 rings (SSSR count). The average molecular weight is 230 g/mol. The number of carbonyl (C=O) groups is 3. The molecule has 2 amide bonds. The summed E-state index contributed by atoms with van der Waals surface area (Å²) in [7, 11) is 0. The SMILES string of the molecule is CC(=O)NCC(=O)NC1(C(=O)O)CCOC1. The number of aliphatic carboxylic acids is 1. The van der Waals surface area contributed by atoms with Crippen molar-refractivity contribution < 1.29 is 24.2 Å². The summed E-state index contributed by atoms with van der Waals surface area (Å²) in [6.07, 6.45) is 0.230. The van der Waals surface area contributed by atoms with E-state index < -0.39 is 17.4 Å². The summed E-state index contributed by atoms with van der Waals surface area (Å²) in [6.45, 7) is 1.30. The van der Waals surface area contributed by atoms with Gasteiger partial charge >= 0.3 is 5.97 Å². The van der Waals surface area contributed by atoms with E-state index in [0.29, 0.717) is 6.61 Å². The van der Waals surface area contributed by atoms with E-state index in [9.17, 15) is 14.4 Å². The van der Waals surface area contributed by atoms with Crippen LogP contribution in [0.15, 0.2) is 0 Å². The first-order valence-corrected chi connectivity index (χ1v) is 4.83. The van der Waals surface area contributed by atoms with Crippen LogP contribution in [-0.4, -0.2) is 48.2 Å². The summed E-state index contributed by atoms with van der Waals surface area (Å²) in [5.41, 5.74) is -1.35. The van der Waals surface area contributed by atoms with Crippen LogP contribution in [0, 0.1) is 0 Å². The molecular weight excluding hydrogens is 216 g/mol. The third-order valence-corrected chi connectivity index (χ3v) is 2.31. The molecule has 0 aromatic rings. The maximum atomic E-state index is 11.4. The molecule has 0 radical (unpaired) electrons. The number of amides is 2. The normalized spacial score (nSPS) is 23.8. The Hall–Kier alpha value is -1.63. The van der Waals surface area contributed by atoms with E-state index in [0.717, 1.165) is 0 Å². The lowest BCUT2D eigenvalue weighted by Gasteiger charge is -2.23. The van der Waals surface area contributed by atoms with E-state index in [4.69, 9.17) is 9.84 Å². The second-order valence-electron chi connectivity index (χ2n) is 3.65. The first-order chi connectivity index (χ1) is 7.46. The van der Waals surface area contributed by atoms with Crippen molar-refractivity contribution in [1.82, 2.24) is 10.6 Å². The van der Waals surface area contributed by atoms with Gasteiger partial charge in [-0.3, -0.25) is 9.59 Å². The Morgan fingerprint density at radius 1 is 1.44 bits per heavy atom. The van der Waals surface area contributed by atoms with Crippen LogP contribution in [0.25, 0.3) is 0 Å². The van der Waals surface area contributed by atoms with Gasteiger partial charge in [0.15, 0.2) is 5.54 Å². The van der Waals surface area contributed by atoms with Gasteiger partial charge in [-0.15, -0.1) is 0 Å². The predicted molar refractivity (Wildman–Crippen MR) is 52.6 cm³/mol. The molecule has 0 bridgehead atoms. The molecule has 0 spiro atoms. The lowest BCUT2D eigenvalue weighted by Crippen LogP contribution is -2.57. The first-order valence-electron chi connectivity index (χ1n) is 4.83. The highest BCUT2D eigenvalue weighted by Gasteiger charge is 2.43. The third kappa shape index (κ3) is 2.93. The van der Waals surface area contributed by atoms with Crippen LogP contribution in [0.2, 0.25) is 0 Å². The molecule has 7 heteroatoms. The van der Waals surface area contributed by atoms with Crippen molar-refractivity contribution in [1.29, 1.82) is 0 Å². The molecule has 1 heterocycles. The van der Waals surface area contributed by atoms with Crippen LogP contribution in [0.4, 0.5) is 0 Å². The Morgan fingerprint density at radius 2 is 2.12 bits per heavy atom. The number of ether oxygens (including phenoxy) is 1. The fourth-order valence-corrected chi connectivity index (χ4v) is 1.40. The van der Waals surface area contributed by atoms with Gasteiger partial charge in [-0.1, -0.05) is 0 Å². The maximum absolute atomic E-state index is 11.4. The summed E-state index contributed by atoms with van der Waals surface area (Å²) >= 11 is 0. The quantitative estimate of drug-likeness (QED) is 0.544. The molecule has 0 aromatic carbocycles. The number of carboxylic acids is 1. The minimum Gasteiger partial charge on any atom is -0.479 e. The highest BCUT2D eigenvalue weighted by molar-refractivity contribution is 5.89. The van der Waals surface area contributed by atoms with Crippen LogP contribution in [-0.2, 0) is 19.1 Å². The second-order valence-corrected chi connectivity index (χ2v) is 3.65. The fraction of sp³-hybridized carbons (Fsp3) is 0.667. The molecule has 0 aromatic heterocycles. The minimum atomic E-state index is -1.35. The topological polar surface area (TPSA) is 105 Å². The molecule has 1 aliphatic rings. The van der Waals surface area contributed by atoms with Crippen molar-refractivity contribution in [2.24, 2.45) is 0 Å². The third-order valence-electron chi connectivity index (χ3n) is 2.31. The molecule has 0 saturated carbocycles. The Labute approximate surface area is 92.1 Å². The van der Waals surface area contributed by atoms with E-state index in [1.165, 1.54) is 6.92 Å². The van der Waals surface area contributed by atoms with Crippen LogP contribution in [0.5, 0.6) is 0 Å². The van der Waals surface area contributed by atoms with E-state index in [2.05, 4.69) is 10.6 Å². The summed E-state index contributed by atoms with van der Waals surface area (Å²) in [5, 5.41) is 13.7. The zero-order chi connectivity index (χ0) is 12.2. The van der Waals surface area contributed by atoms with E-state index >= 15 is 0 Å². The Bertz CT molecular complexity index is 309. The number of hydrogen-bond donors (Lipinski definition) is 3. The molecule has 0 aliphatic carbocycles. The van der Waals surface area contributed by atoms with Gasteiger partial charge in [-0.2, -0.15) is 0 Å². The van der Waals surface area contributed by atoms with Gasteiger partial charge in [-0.05, 0) is 0 Å². The summed E-state index contributed by atoms with van der Waals surface area (Å²) in [4.78, 5) is 33.0. The molecule has 1 fully saturated rings. The van der Waals surface area contributed by atoms with Gasteiger partial charge in [-0.25, -0.2) is 4.79 Å². The Balaban J connectivity index is 2.52. The van der Waals surface area contributed by atoms with Crippen molar-refractivity contribution in [2.45, 2.75) is 18.9 Å². The summed E-state index contributed by atoms with van der Waals surface area (Å²) in [5.74, 6) is -2.01. The first kappa shape index (κ1) is 12.4. The number of nitrogens with one attached hydrogen (secondary N) is 2. The van der Waals surface area contributed by atoms with Gasteiger partial charge in [0, 0.05) is 20.0 Å². The molecule has 1 saturated heterocycles. The van der Waals surface area contributed by atoms with Crippen molar-refractivity contribution in [3.8, 4) is 0 Å². The van der Waals surface area contributed by atoms with Gasteiger partial charge in [0.05, 0.1) is 13.2 Å². The van der Waals surface area contributed by atoms with Crippen LogP contribution in [0.3, 0.4) is 0 Å². The molecule has 7 nitrogen and oxygen atoms in total. The van der Waals surface area contributed by atoms with Gasteiger partial charge in [0.1, 0.15) is 0 Å². The van der Waals surface area contributed by atoms with E-state index in [1.54, 1.807) is 0 Å². The molecule has 16 heavy (non-hydrogen) atoms. The molecule has 1 atom stereocenters. The Kier molecular flexibility index (Phi) is 3.83. The number of hydrogen-bond acceptors (Lipinski definition) is 4. The zero-order valence-corrected chi connectivity index (χ0v) is 8.91. The number of carboxylic acid groups (broad SMARTS) is 1. The van der Waals surface area contributed by atoms with Crippen molar-refractivity contribution in [2.75, 3.05) is 19.8 Å². The molecule has 1 aliphatic heterocycles. The molecule has 3 N–H and O–H groups in total. The molecular formula is C9H14N2O5.